The Kier molecular flexibility index (Phi) is 4.93. The summed E-state index contributed by atoms with van der Waals surface area (Å²) in [7, 11) is 0. The van der Waals surface area contributed by atoms with Crippen molar-refractivity contribution < 1.29 is 8.78 Å². The highest BCUT2D eigenvalue weighted by molar-refractivity contribution is 9.10. The predicted molar refractivity (Wildman–Crippen MR) is 66.1 cm³/mol. The Bertz CT molecular complexity index is 386. The Balaban J connectivity index is 3.18. The van der Waals surface area contributed by atoms with Gasteiger partial charge in [0, 0.05) is 10.9 Å². The molecular weight excluding hydrogens is 330 g/mol. The second kappa shape index (κ2) is 5.75. The summed E-state index contributed by atoms with van der Waals surface area (Å²) in [4.78, 5) is 0. The minimum atomic E-state index is -0.543. The highest BCUT2D eigenvalue weighted by atomic mass is 79.9. The molecule has 0 N–H and O–H groups in total. The van der Waals surface area contributed by atoms with Crippen molar-refractivity contribution in [3.05, 3.63) is 39.9 Å². The molecule has 0 fully saturated rings. The smallest absolute Gasteiger partial charge is 0.147 e. The number of alkyl halides is 1. The van der Waals surface area contributed by atoms with Crippen molar-refractivity contribution in [1.82, 2.24) is 0 Å². The number of rotatable bonds is 3. The maximum absolute atomic E-state index is 13.6. The second-order valence-electron chi connectivity index (χ2n) is 3.08. The third kappa shape index (κ3) is 3.11. The molecule has 0 aromatic heterocycles. The molecule has 1 rings (SSSR count). The summed E-state index contributed by atoms with van der Waals surface area (Å²) in [5.41, 5.74) is 0.663. The maximum atomic E-state index is 13.6. The van der Waals surface area contributed by atoms with E-state index in [1.54, 1.807) is 6.92 Å². The lowest BCUT2D eigenvalue weighted by Crippen LogP contribution is -1.94. The lowest BCUT2D eigenvalue weighted by Gasteiger charge is -2.06. The minimum absolute atomic E-state index is 0.0466. The molecular formula is C11H10Br2F2. The predicted octanol–water partition coefficient (Wildman–Crippen LogP) is 4.92. The average molecular weight is 340 g/mol. The van der Waals surface area contributed by atoms with Gasteiger partial charge in [-0.15, -0.1) is 0 Å². The second-order valence-corrected chi connectivity index (χ2v) is 4.73. The van der Waals surface area contributed by atoms with E-state index in [1.807, 2.05) is 6.08 Å². The Hall–Kier alpha value is -0.220. The monoisotopic (exact) mass is 338 g/mol. The molecule has 0 unspecified atom stereocenters. The first kappa shape index (κ1) is 12.8. The van der Waals surface area contributed by atoms with Crippen molar-refractivity contribution in [2.75, 3.05) is 5.33 Å². The first-order valence-electron chi connectivity index (χ1n) is 4.44. The summed E-state index contributed by atoms with van der Waals surface area (Å²) in [5.74, 6) is -1.07. The average Bonchev–Trinajstić information content (AvgIpc) is 2.21. The molecule has 0 amide bonds. The van der Waals surface area contributed by atoms with Gasteiger partial charge in [-0.3, -0.25) is 0 Å². The fourth-order valence-electron chi connectivity index (χ4n) is 1.26. The van der Waals surface area contributed by atoms with Crippen LogP contribution >= 0.6 is 31.9 Å². The van der Waals surface area contributed by atoms with Crippen LogP contribution in [0.5, 0.6) is 0 Å². The van der Waals surface area contributed by atoms with Gasteiger partial charge in [0.25, 0.3) is 0 Å². The fourth-order valence-corrected chi connectivity index (χ4v) is 1.82. The van der Waals surface area contributed by atoms with E-state index in [4.69, 9.17) is 0 Å². The Morgan fingerprint density at radius 3 is 2.67 bits per heavy atom. The van der Waals surface area contributed by atoms with Gasteiger partial charge in [-0.05, 0) is 47.0 Å². The van der Waals surface area contributed by atoms with E-state index < -0.39 is 11.6 Å². The zero-order chi connectivity index (χ0) is 11.4. The molecule has 0 saturated heterocycles. The lowest BCUT2D eigenvalue weighted by atomic mass is 10.1. The SMILES string of the molecule is C/C(=C/CCBr)c1c(F)ccc(Br)c1F. The van der Waals surface area contributed by atoms with E-state index in [1.165, 1.54) is 12.1 Å². The van der Waals surface area contributed by atoms with Crippen LogP contribution in [0, 0.1) is 11.6 Å². The molecule has 0 heterocycles. The quantitative estimate of drug-likeness (QED) is 0.542. The summed E-state index contributed by atoms with van der Waals surface area (Å²) in [5, 5.41) is 0.779. The summed E-state index contributed by atoms with van der Waals surface area (Å²) < 4.78 is 27.3. The van der Waals surface area contributed by atoms with Crippen LogP contribution in [0.25, 0.3) is 5.57 Å². The van der Waals surface area contributed by atoms with Crippen molar-refractivity contribution in [3.63, 3.8) is 0 Å². The maximum Gasteiger partial charge on any atom is 0.147 e. The summed E-state index contributed by atoms with van der Waals surface area (Å²) >= 11 is 6.30. The zero-order valence-electron chi connectivity index (χ0n) is 8.16. The van der Waals surface area contributed by atoms with Crippen LogP contribution in [-0.2, 0) is 0 Å². The summed E-state index contributed by atoms with van der Waals surface area (Å²) in [6.45, 7) is 1.70. The molecule has 0 nitrogen and oxygen atoms in total. The van der Waals surface area contributed by atoms with Gasteiger partial charge in [0.1, 0.15) is 11.6 Å². The normalized spacial score (nSPS) is 11.9. The van der Waals surface area contributed by atoms with Crippen LogP contribution in [-0.4, -0.2) is 5.33 Å². The summed E-state index contributed by atoms with van der Waals surface area (Å²) in [6.07, 6.45) is 2.56. The molecule has 0 aliphatic rings. The molecule has 82 valence electrons. The van der Waals surface area contributed by atoms with Crippen molar-refractivity contribution >= 4 is 37.4 Å². The van der Waals surface area contributed by atoms with Crippen molar-refractivity contribution in [1.29, 1.82) is 0 Å². The number of allylic oxidation sites excluding steroid dienone is 2. The van der Waals surface area contributed by atoms with E-state index in [-0.39, 0.29) is 10.0 Å². The number of benzene rings is 1. The highest BCUT2D eigenvalue weighted by Gasteiger charge is 2.13. The van der Waals surface area contributed by atoms with E-state index in [9.17, 15) is 8.78 Å². The number of halogens is 4. The molecule has 0 aliphatic carbocycles. The Labute approximate surface area is 105 Å². The first-order valence-corrected chi connectivity index (χ1v) is 6.36. The first-order chi connectivity index (χ1) is 7.07. The fraction of sp³-hybridized carbons (Fsp3) is 0.273. The molecule has 0 radical (unpaired) electrons. The Morgan fingerprint density at radius 2 is 2.07 bits per heavy atom. The van der Waals surface area contributed by atoms with Crippen molar-refractivity contribution in [3.8, 4) is 0 Å². The largest absolute Gasteiger partial charge is 0.206 e. The van der Waals surface area contributed by atoms with Gasteiger partial charge in [-0.25, -0.2) is 8.78 Å². The third-order valence-electron chi connectivity index (χ3n) is 2.00. The molecule has 1 aromatic rings. The van der Waals surface area contributed by atoms with Crippen LogP contribution in [0.4, 0.5) is 8.78 Å². The van der Waals surface area contributed by atoms with Crippen LogP contribution in [0.1, 0.15) is 18.9 Å². The van der Waals surface area contributed by atoms with Gasteiger partial charge in [0.2, 0.25) is 0 Å². The Morgan fingerprint density at radius 1 is 1.40 bits per heavy atom. The van der Waals surface area contributed by atoms with E-state index >= 15 is 0 Å². The molecule has 4 heteroatoms. The number of hydrogen-bond acceptors (Lipinski definition) is 0. The van der Waals surface area contributed by atoms with Gasteiger partial charge in [0.05, 0.1) is 4.47 Å². The van der Waals surface area contributed by atoms with Crippen LogP contribution in [0.3, 0.4) is 0 Å². The van der Waals surface area contributed by atoms with Crippen LogP contribution in [0.15, 0.2) is 22.7 Å². The van der Waals surface area contributed by atoms with Gasteiger partial charge < -0.3 is 0 Å². The molecule has 0 spiro atoms. The van der Waals surface area contributed by atoms with Gasteiger partial charge in [-0.1, -0.05) is 22.0 Å². The van der Waals surface area contributed by atoms with Gasteiger partial charge in [-0.2, -0.15) is 0 Å². The topological polar surface area (TPSA) is 0 Å². The molecule has 0 saturated carbocycles. The van der Waals surface area contributed by atoms with Crippen LogP contribution < -0.4 is 0 Å². The molecule has 0 bridgehead atoms. The van der Waals surface area contributed by atoms with Crippen molar-refractivity contribution in [2.24, 2.45) is 0 Å². The van der Waals surface area contributed by atoms with E-state index in [0.29, 0.717) is 5.57 Å². The molecule has 1 aromatic carbocycles. The molecule has 15 heavy (non-hydrogen) atoms. The summed E-state index contributed by atoms with van der Waals surface area (Å²) in [6, 6.07) is 2.62. The third-order valence-corrected chi connectivity index (χ3v) is 3.07. The standard InChI is InChI=1S/C11H10Br2F2/c1-7(3-2-6-12)10-9(14)5-4-8(13)11(10)15/h3-5H,2,6H2,1H3/b7-3-. The molecule has 0 atom stereocenters. The lowest BCUT2D eigenvalue weighted by molar-refractivity contribution is 0.572. The molecule has 0 aliphatic heterocycles. The minimum Gasteiger partial charge on any atom is -0.206 e. The zero-order valence-corrected chi connectivity index (χ0v) is 11.3. The number of hydrogen-bond donors (Lipinski definition) is 0. The van der Waals surface area contributed by atoms with Crippen LogP contribution in [0.2, 0.25) is 0 Å². The van der Waals surface area contributed by atoms with Gasteiger partial charge in [0.15, 0.2) is 0 Å². The van der Waals surface area contributed by atoms with E-state index in [2.05, 4.69) is 31.9 Å². The van der Waals surface area contributed by atoms with Crippen molar-refractivity contribution in [2.45, 2.75) is 13.3 Å². The highest BCUT2D eigenvalue weighted by Crippen LogP contribution is 2.27. The van der Waals surface area contributed by atoms with E-state index in [0.717, 1.165) is 11.8 Å². The van der Waals surface area contributed by atoms with Gasteiger partial charge >= 0.3 is 0 Å².